The van der Waals surface area contributed by atoms with E-state index in [0.29, 0.717) is 34.4 Å². The van der Waals surface area contributed by atoms with Gasteiger partial charge in [0, 0.05) is 11.8 Å². The molecule has 11 heteroatoms. The molecule has 1 aliphatic rings. The summed E-state index contributed by atoms with van der Waals surface area (Å²) in [6.45, 7) is 10.9. The van der Waals surface area contributed by atoms with E-state index >= 15 is 0 Å². The topological polar surface area (TPSA) is 129 Å². The van der Waals surface area contributed by atoms with E-state index in [9.17, 15) is 14.4 Å². The van der Waals surface area contributed by atoms with Crippen LogP contribution in [-0.4, -0.2) is 47.3 Å². The highest BCUT2D eigenvalue weighted by atomic mass is 32.2. The average Bonchev–Trinajstić information content (AvgIpc) is 3.19. The standard InChI is InChI=1S/C22H29N3O7S/c1-6-9-16(17-11-15(30-10-7-2)12-18(26)31-17)23-20(27)22(5)13-33-19(24-22)14(4)25-32-21(28)29-8-3/h7,11-12,16H,2,6,8-10,13H2,1,3-5H3,(H,23,27)/b25-14+/t16-,22+/m1/s1. The number of rotatable bonds is 11. The molecule has 1 N–H and O–H groups in total. The van der Waals surface area contributed by atoms with Gasteiger partial charge in [-0.3, -0.25) is 14.6 Å². The highest BCUT2D eigenvalue weighted by Crippen LogP contribution is 2.30. The first kappa shape index (κ1) is 26.2. The molecule has 0 fully saturated rings. The second-order valence-corrected chi connectivity index (χ2v) is 8.32. The zero-order chi connectivity index (χ0) is 24.4. The zero-order valence-electron chi connectivity index (χ0n) is 19.2. The van der Waals surface area contributed by atoms with Crippen molar-refractivity contribution >= 4 is 34.6 Å². The Morgan fingerprint density at radius 1 is 1.42 bits per heavy atom. The van der Waals surface area contributed by atoms with E-state index in [-0.39, 0.29) is 19.1 Å². The van der Waals surface area contributed by atoms with Crippen LogP contribution in [0, 0.1) is 0 Å². The molecule has 0 radical (unpaired) electrons. The lowest BCUT2D eigenvalue weighted by atomic mass is 10.0. The fraction of sp³-hybridized carbons (Fsp3) is 0.500. The van der Waals surface area contributed by atoms with Gasteiger partial charge in [-0.25, -0.2) is 9.59 Å². The molecule has 180 valence electrons. The van der Waals surface area contributed by atoms with Crippen molar-refractivity contribution in [2.75, 3.05) is 19.0 Å². The molecule has 0 aliphatic carbocycles. The van der Waals surface area contributed by atoms with Gasteiger partial charge in [-0.15, -0.1) is 11.8 Å². The number of oxime groups is 1. The number of carbonyl (C=O) groups is 2. The van der Waals surface area contributed by atoms with Gasteiger partial charge in [0.05, 0.1) is 18.7 Å². The minimum atomic E-state index is -1.08. The van der Waals surface area contributed by atoms with Crippen LogP contribution in [0.25, 0.3) is 0 Å². The van der Waals surface area contributed by atoms with Gasteiger partial charge in [-0.2, -0.15) is 0 Å². The largest absolute Gasteiger partial charge is 0.535 e. The van der Waals surface area contributed by atoms with E-state index in [0.717, 1.165) is 6.42 Å². The van der Waals surface area contributed by atoms with Gasteiger partial charge >= 0.3 is 11.8 Å². The number of hydrogen-bond acceptors (Lipinski definition) is 10. The predicted molar refractivity (Wildman–Crippen MR) is 126 cm³/mol. The summed E-state index contributed by atoms with van der Waals surface area (Å²) in [5.41, 5.74) is -1.30. The number of nitrogens with zero attached hydrogens (tertiary/aromatic N) is 2. The molecule has 0 saturated carbocycles. The third-order valence-corrected chi connectivity index (χ3v) is 5.88. The summed E-state index contributed by atoms with van der Waals surface area (Å²) in [5, 5.41) is 7.14. The lowest BCUT2D eigenvalue weighted by Crippen LogP contribution is -2.45. The molecule has 0 spiro atoms. The van der Waals surface area contributed by atoms with E-state index < -0.39 is 23.4 Å². The fourth-order valence-corrected chi connectivity index (χ4v) is 3.99. The van der Waals surface area contributed by atoms with Crippen LogP contribution < -0.4 is 15.7 Å². The number of carbonyl (C=O) groups excluding carboxylic acids is 2. The Morgan fingerprint density at radius 2 is 2.18 bits per heavy atom. The third kappa shape index (κ3) is 7.48. The van der Waals surface area contributed by atoms with E-state index in [1.54, 1.807) is 32.9 Å². The van der Waals surface area contributed by atoms with Crippen LogP contribution in [0.3, 0.4) is 0 Å². The molecular weight excluding hydrogens is 450 g/mol. The summed E-state index contributed by atoms with van der Waals surface area (Å²) < 4.78 is 15.5. The van der Waals surface area contributed by atoms with E-state index in [1.165, 1.54) is 17.8 Å². The van der Waals surface area contributed by atoms with Crippen molar-refractivity contribution in [1.29, 1.82) is 0 Å². The quantitative estimate of drug-likeness (QED) is 0.168. The summed E-state index contributed by atoms with van der Waals surface area (Å²) in [6.07, 6.45) is 1.94. The van der Waals surface area contributed by atoms with Crippen molar-refractivity contribution in [3.05, 3.63) is 41.0 Å². The number of aliphatic imine (C=N–C) groups is 1. The maximum Gasteiger partial charge on any atom is 0.535 e. The van der Waals surface area contributed by atoms with E-state index in [1.807, 2.05) is 6.92 Å². The van der Waals surface area contributed by atoms with Crippen LogP contribution in [0.2, 0.25) is 0 Å². The maximum atomic E-state index is 13.1. The smallest absolute Gasteiger partial charge is 0.489 e. The Hall–Kier alpha value is -3.08. The first-order valence-electron chi connectivity index (χ1n) is 10.5. The third-order valence-electron chi connectivity index (χ3n) is 4.51. The molecule has 0 unspecified atom stereocenters. The van der Waals surface area contributed by atoms with Crippen LogP contribution in [0.5, 0.6) is 5.75 Å². The van der Waals surface area contributed by atoms with Crippen molar-refractivity contribution in [3.8, 4) is 5.75 Å². The Labute approximate surface area is 196 Å². The number of amides is 1. The van der Waals surface area contributed by atoms with Gasteiger partial charge in [0.25, 0.3) is 0 Å². The van der Waals surface area contributed by atoms with Gasteiger partial charge in [0.1, 0.15) is 34.4 Å². The van der Waals surface area contributed by atoms with Gasteiger partial charge in [-0.1, -0.05) is 31.2 Å². The van der Waals surface area contributed by atoms with Gasteiger partial charge < -0.3 is 19.2 Å². The van der Waals surface area contributed by atoms with Crippen LogP contribution in [0.1, 0.15) is 52.3 Å². The maximum absolute atomic E-state index is 13.1. The molecule has 33 heavy (non-hydrogen) atoms. The minimum absolute atomic E-state index is 0.170. The lowest BCUT2D eigenvalue weighted by Gasteiger charge is -2.24. The summed E-state index contributed by atoms with van der Waals surface area (Å²) >= 11 is 1.32. The second kappa shape index (κ2) is 12.2. The molecule has 0 bridgehead atoms. The van der Waals surface area contributed by atoms with Crippen LogP contribution >= 0.6 is 11.8 Å². The minimum Gasteiger partial charge on any atom is -0.489 e. The molecule has 2 rings (SSSR count). The van der Waals surface area contributed by atoms with E-state index in [4.69, 9.17) is 9.15 Å². The van der Waals surface area contributed by atoms with Gasteiger partial charge in [0.15, 0.2) is 0 Å². The monoisotopic (exact) mass is 479 g/mol. The number of nitrogens with one attached hydrogen (secondary N) is 1. The molecular formula is C22H29N3O7S. The number of thioether (sulfide) groups is 1. The van der Waals surface area contributed by atoms with Gasteiger partial charge in [0.2, 0.25) is 5.91 Å². The number of hydrogen-bond donors (Lipinski definition) is 1. The first-order chi connectivity index (χ1) is 15.7. The Kier molecular flexibility index (Phi) is 9.71. The Bertz CT molecular complexity index is 988. The second-order valence-electron chi connectivity index (χ2n) is 7.36. The Balaban J connectivity index is 2.17. The van der Waals surface area contributed by atoms with Crippen LogP contribution in [0.4, 0.5) is 4.79 Å². The fourth-order valence-electron chi connectivity index (χ4n) is 2.86. The first-order valence-corrected chi connectivity index (χ1v) is 11.5. The van der Waals surface area contributed by atoms with Crippen molar-refractivity contribution in [1.82, 2.24) is 5.32 Å². The summed E-state index contributed by atoms with van der Waals surface area (Å²) in [7, 11) is 0. The average molecular weight is 480 g/mol. The summed E-state index contributed by atoms with van der Waals surface area (Å²) in [5.74, 6) is 0.678. The SMILES string of the molecule is C=CCOc1cc([C@@H](CCC)NC(=O)[C@]2(C)CSC(/C(C)=N/OC(=O)OCC)=N2)oc(=O)c1. The van der Waals surface area contributed by atoms with Crippen LogP contribution in [-0.2, 0) is 14.4 Å². The molecule has 2 heterocycles. The highest BCUT2D eigenvalue weighted by molar-refractivity contribution is 8.16. The molecule has 0 aromatic carbocycles. The highest BCUT2D eigenvalue weighted by Gasteiger charge is 2.40. The van der Waals surface area contributed by atoms with Crippen molar-refractivity contribution < 1.29 is 28.3 Å². The molecule has 1 aliphatic heterocycles. The van der Waals surface area contributed by atoms with Gasteiger partial charge in [-0.05, 0) is 27.2 Å². The van der Waals surface area contributed by atoms with Crippen molar-refractivity contribution in [2.24, 2.45) is 10.1 Å². The van der Waals surface area contributed by atoms with Crippen molar-refractivity contribution in [2.45, 2.75) is 52.1 Å². The molecule has 10 nitrogen and oxygen atoms in total. The van der Waals surface area contributed by atoms with Crippen LogP contribution in [0.15, 0.2) is 44.1 Å². The zero-order valence-corrected chi connectivity index (χ0v) is 20.0. The normalized spacial score (nSPS) is 18.8. The summed E-state index contributed by atoms with van der Waals surface area (Å²) in [6, 6.07) is 2.30. The van der Waals surface area contributed by atoms with E-state index in [2.05, 4.69) is 31.6 Å². The molecule has 0 saturated heterocycles. The molecule has 1 amide bonds. The molecule has 1 aromatic rings. The Morgan fingerprint density at radius 3 is 2.85 bits per heavy atom. The predicted octanol–water partition coefficient (Wildman–Crippen LogP) is 3.62. The lowest BCUT2D eigenvalue weighted by molar-refractivity contribution is -0.125. The number of ether oxygens (including phenoxy) is 2. The summed E-state index contributed by atoms with van der Waals surface area (Å²) in [4.78, 5) is 45.6. The molecule has 2 atom stereocenters. The van der Waals surface area contributed by atoms with Crippen molar-refractivity contribution in [3.63, 3.8) is 0 Å². The molecule has 1 aromatic heterocycles.